The number of benzene rings is 8. The molecule has 9 rings (SSSR count). The molecule has 0 aliphatic heterocycles. The molecule has 48 heavy (non-hydrogen) atoms. The predicted molar refractivity (Wildman–Crippen MR) is 204 cm³/mol. The summed E-state index contributed by atoms with van der Waals surface area (Å²) in [5, 5.41) is 4.98. The van der Waals surface area contributed by atoms with Gasteiger partial charge in [0, 0.05) is 33.4 Å². The molecule has 0 spiro atoms. The topological polar surface area (TPSA) is 8.17 Å². The van der Waals surface area contributed by atoms with Gasteiger partial charge in [-0.1, -0.05) is 140 Å². The summed E-state index contributed by atoms with van der Waals surface area (Å²) >= 11 is 0. The van der Waals surface area contributed by atoms with E-state index in [1.807, 2.05) is 0 Å². The van der Waals surface area contributed by atoms with Crippen LogP contribution in [-0.2, 0) is 0 Å². The predicted octanol–water partition coefficient (Wildman–Crippen LogP) is 12.7. The molecule has 2 nitrogen and oxygen atoms in total. The highest BCUT2D eigenvalue weighted by molar-refractivity contribution is 6.17. The third-order valence-electron chi connectivity index (χ3n) is 9.35. The van der Waals surface area contributed by atoms with Crippen LogP contribution in [0.15, 0.2) is 194 Å². The van der Waals surface area contributed by atoms with E-state index in [0.29, 0.717) is 0 Å². The van der Waals surface area contributed by atoms with E-state index in [0.717, 1.165) is 22.7 Å². The first kappa shape index (κ1) is 27.9. The van der Waals surface area contributed by atoms with E-state index in [4.69, 9.17) is 0 Å². The molecule has 0 saturated heterocycles. The molecule has 0 bridgehead atoms. The Bertz CT molecular complexity index is 2550. The lowest BCUT2D eigenvalue weighted by molar-refractivity contribution is 1.18. The van der Waals surface area contributed by atoms with Crippen LogP contribution in [0.3, 0.4) is 0 Å². The number of hydrogen-bond acceptors (Lipinski definition) is 1. The van der Waals surface area contributed by atoms with Crippen molar-refractivity contribution in [1.82, 2.24) is 4.57 Å². The first-order valence-electron chi connectivity index (χ1n) is 16.4. The van der Waals surface area contributed by atoms with Crippen LogP contribution in [0, 0.1) is 0 Å². The van der Waals surface area contributed by atoms with Gasteiger partial charge in [0.15, 0.2) is 0 Å². The number of anilines is 3. The average molecular weight is 613 g/mol. The van der Waals surface area contributed by atoms with Crippen molar-refractivity contribution in [3.05, 3.63) is 194 Å². The third kappa shape index (κ3) is 4.74. The van der Waals surface area contributed by atoms with Crippen molar-refractivity contribution in [3.63, 3.8) is 0 Å². The largest absolute Gasteiger partial charge is 0.310 e. The highest BCUT2D eigenvalue weighted by Crippen LogP contribution is 2.44. The van der Waals surface area contributed by atoms with E-state index in [2.05, 4.69) is 204 Å². The SMILES string of the molecule is c1ccc(-c2ccccc2N(c2ccccc2)c2ccc3c4c(-c5ccc6ccccc6c5)cccc4n(-c4ccccc4)c3c2)cc1. The molecule has 1 heterocycles. The summed E-state index contributed by atoms with van der Waals surface area (Å²) in [6.07, 6.45) is 0. The van der Waals surface area contributed by atoms with Gasteiger partial charge < -0.3 is 9.47 Å². The fourth-order valence-corrected chi connectivity index (χ4v) is 7.18. The molecule has 0 N–H and O–H groups in total. The standard InChI is InChI=1S/C46H32N2/c1-4-16-34(17-5-1)40-23-12-13-25-43(40)47(37-19-6-2-7-20-37)39-29-30-42-45(32-39)48(38-21-8-3-9-22-38)44-26-14-24-41(46(42)44)36-28-27-33-15-10-11-18-35(33)31-36/h1-32H. The van der Waals surface area contributed by atoms with Crippen molar-refractivity contribution < 1.29 is 0 Å². The van der Waals surface area contributed by atoms with E-state index in [1.54, 1.807) is 0 Å². The summed E-state index contributed by atoms with van der Waals surface area (Å²) in [7, 11) is 0. The molecule has 0 fully saturated rings. The lowest BCUT2D eigenvalue weighted by Crippen LogP contribution is -2.11. The molecule has 0 aliphatic carbocycles. The second-order valence-electron chi connectivity index (χ2n) is 12.2. The number of para-hydroxylation sites is 3. The van der Waals surface area contributed by atoms with Gasteiger partial charge in [-0.2, -0.15) is 0 Å². The molecule has 0 aliphatic rings. The highest BCUT2D eigenvalue weighted by atomic mass is 15.1. The minimum atomic E-state index is 1.10. The zero-order valence-corrected chi connectivity index (χ0v) is 26.4. The molecule has 226 valence electrons. The van der Waals surface area contributed by atoms with Crippen LogP contribution < -0.4 is 4.90 Å². The van der Waals surface area contributed by atoms with Crippen molar-refractivity contribution in [2.45, 2.75) is 0 Å². The Labute approximate surface area is 280 Å². The maximum Gasteiger partial charge on any atom is 0.0562 e. The zero-order chi connectivity index (χ0) is 31.9. The molecule has 0 unspecified atom stereocenters. The summed E-state index contributed by atoms with van der Waals surface area (Å²) in [6.45, 7) is 0. The van der Waals surface area contributed by atoms with Gasteiger partial charge in [0.1, 0.15) is 0 Å². The summed E-state index contributed by atoms with van der Waals surface area (Å²) in [6, 6.07) is 69.9. The maximum atomic E-state index is 2.42. The Morgan fingerprint density at radius 3 is 1.85 bits per heavy atom. The molecule has 0 amide bonds. The smallest absolute Gasteiger partial charge is 0.0562 e. The van der Waals surface area contributed by atoms with E-state index in [9.17, 15) is 0 Å². The zero-order valence-electron chi connectivity index (χ0n) is 26.4. The van der Waals surface area contributed by atoms with Gasteiger partial charge in [0.05, 0.1) is 16.7 Å². The molecular weight excluding hydrogens is 581 g/mol. The van der Waals surface area contributed by atoms with E-state index >= 15 is 0 Å². The van der Waals surface area contributed by atoms with Gasteiger partial charge >= 0.3 is 0 Å². The summed E-state index contributed by atoms with van der Waals surface area (Å²) < 4.78 is 2.42. The van der Waals surface area contributed by atoms with E-state index < -0.39 is 0 Å². The number of aromatic nitrogens is 1. The van der Waals surface area contributed by atoms with Gasteiger partial charge in [0.2, 0.25) is 0 Å². The van der Waals surface area contributed by atoms with Crippen molar-refractivity contribution in [2.75, 3.05) is 4.90 Å². The quantitative estimate of drug-likeness (QED) is 0.181. The van der Waals surface area contributed by atoms with Crippen LogP contribution in [0.2, 0.25) is 0 Å². The maximum absolute atomic E-state index is 2.42. The molecule has 2 heteroatoms. The second-order valence-corrected chi connectivity index (χ2v) is 12.2. The lowest BCUT2D eigenvalue weighted by Gasteiger charge is -2.28. The van der Waals surface area contributed by atoms with Crippen LogP contribution in [0.4, 0.5) is 17.1 Å². The summed E-state index contributed by atoms with van der Waals surface area (Å²) in [4.78, 5) is 2.39. The minimum Gasteiger partial charge on any atom is -0.310 e. The van der Waals surface area contributed by atoms with Gasteiger partial charge in [0.25, 0.3) is 0 Å². The summed E-state index contributed by atoms with van der Waals surface area (Å²) in [5.74, 6) is 0. The minimum absolute atomic E-state index is 1.10. The van der Waals surface area contributed by atoms with E-state index in [-0.39, 0.29) is 0 Å². The fraction of sp³-hybridized carbons (Fsp3) is 0. The monoisotopic (exact) mass is 612 g/mol. The Hall–Kier alpha value is -6.38. The second kappa shape index (κ2) is 11.8. The molecule has 0 radical (unpaired) electrons. The van der Waals surface area contributed by atoms with Gasteiger partial charge in [-0.3, -0.25) is 0 Å². The molecule has 1 aromatic heterocycles. The third-order valence-corrected chi connectivity index (χ3v) is 9.35. The number of rotatable bonds is 6. The highest BCUT2D eigenvalue weighted by Gasteiger charge is 2.21. The van der Waals surface area contributed by atoms with Gasteiger partial charge in [-0.05, 0) is 82.1 Å². The molecule has 9 aromatic rings. The van der Waals surface area contributed by atoms with Crippen molar-refractivity contribution >= 4 is 49.6 Å². The van der Waals surface area contributed by atoms with Gasteiger partial charge in [-0.25, -0.2) is 0 Å². The number of nitrogens with zero attached hydrogens (tertiary/aromatic N) is 2. The Balaban J connectivity index is 1.32. The van der Waals surface area contributed by atoms with Crippen LogP contribution in [0.25, 0.3) is 60.5 Å². The van der Waals surface area contributed by atoms with Crippen LogP contribution in [0.5, 0.6) is 0 Å². The normalized spacial score (nSPS) is 11.3. The van der Waals surface area contributed by atoms with Crippen LogP contribution >= 0.6 is 0 Å². The lowest BCUT2D eigenvalue weighted by atomic mass is 9.97. The Morgan fingerprint density at radius 2 is 1.04 bits per heavy atom. The Kier molecular flexibility index (Phi) is 6.84. The molecule has 0 saturated carbocycles. The molecular formula is C46H32N2. The van der Waals surface area contributed by atoms with Gasteiger partial charge in [-0.15, -0.1) is 0 Å². The van der Waals surface area contributed by atoms with Crippen molar-refractivity contribution in [1.29, 1.82) is 0 Å². The first-order valence-corrected chi connectivity index (χ1v) is 16.4. The number of hydrogen-bond donors (Lipinski definition) is 0. The van der Waals surface area contributed by atoms with Crippen molar-refractivity contribution in [2.24, 2.45) is 0 Å². The van der Waals surface area contributed by atoms with E-state index in [1.165, 1.54) is 54.8 Å². The number of fused-ring (bicyclic) bond motifs is 4. The Morgan fingerprint density at radius 1 is 0.375 bits per heavy atom. The first-order chi connectivity index (χ1) is 23.8. The van der Waals surface area contributed by atoms with Crippen molar-refractivity contribution in [3.8, 4) is 27.9 Å². The average Bonchev–Trinajstić information content (AvgIpc) is 3.50. The van der Waals surface area contributed by atoms with Crippen LogP contribution in [0.1, 0.15) is 0 Å². The summed E-state index contributed by atoms with van der Waals surface area (Å²) in [5.41, 5.74) is 11.7. The van der Waals surface area contributed by atoms with Crippen LogP contribution in [-0.4, -0.2) is 4.57 Å². The molecule has 8 aromatic carbocycles. The molecule has 0 atom stereocenters. The fourth-order valence-electron chi connectivity index (χ4n) is 7.18.